The predicted octanol–water partition coefficient (Wildman–Crippen LogP) is -0.302. The summed E-state index contributed by atoms with van der Waals surface area (Å²) in [4.78, 5) is 0. The first-order chi connectivity index (χ1) is 8.12. The molecule has 0 aliphatic heterocycles. The quantitative estimate of drug-likeness (QED) is 0.474. The second kappa shape index (κ2) is 10.9. The van der Waals surface area contributed by atoms with E-state index in [0.717, 1.165) is 12.8 Å². The average molecular weight is 268 g/mol. The Morgan fingerprint density at radius 1 is 1.12 bits per heavy atom. The van der Waals surface area contributed by atoms with Crippen molar-refractivity contribution in [2.24, 2.45) is 5.73 Å². The summed E-state index contributed by atoms with van der Waals surface area (Å²) >= 11 is 0. The Labute approximate surface area is 104 Å². The second-order valence-corrected chi connectivity index (χ2v) is 5.51. The highest BCUT2D eigenvalue weighted by Gasteiger charge is 2.08. The van der Waals surface area contributed by atoms with E-state index in [-0.39, 0.29) is 12.4 Å². The van der Waals surface area contributed by atoms with Crippen molar-refractivity contribution < 1.29 is 17.9 Å². The van der Waals surface area contributed by atoms with E-state index >= 15 is 0 Å². The number of rotatable bonds is 12. The third-order valence-electron chi connectivity index (χ3n) is 1.97. The number of nitrogens with two attached hydrogens (primary N) is 1. The van der Waals surface area contributed by atoms with Gasteiger partial charge in [-0.2, -0.15) is 0 Å². The van der Waals surface area contributed by atoms with E-state index in [1.807, 2.05) is 0 Å². The van der Waals surface area contributed by atoms with Gasteiger partial charge in [-0.05, 0) is 6.42 Å². The summed E-state index contributed by atoms with van der Waals surface area (Å²) < 4.78 is 35.5. The zero-order valence-corrected chi connectivity index (χ0v) is 11.3. The molecule has 0 amide bonds. The van der Waals surface area contributed by atoms with Crippen LogP contribution in [-0.2, 0) is 19.5 Å². The standard InChI is InChI=1S/C10H24N2O4S/c1-2-3-6-15-8-5-12-17(13,14)10-9-16-7-4-11/h12H,2-11H2,1H3. The lowest BCUT2D eigenvalue weighted by Crippen LogP contribution is -2.31. The molecule has 17 heavy (non-hydrogen) atoms. The molecule has 0 saturated carbocycles. The highest BCUT2D eigenvalue weighted by atomic mass is 32.2. The lowest BCUT2D eigenvalue weighted by molar-refractivity contribution is 0.136. The Kier molecular flexibility index (Phi) is 10.8. The zero-order chi connectivity index (χ0) is 13.0. The average Bonchev–Trinajstić information content (AvgIpc) is 2.29. The van der Waals surface area contributed by atoms with Gasteiger partial charge in [-0.15, -0.1) is 0 Å². The number of nitrogens with one attached hydrogen (secondary N) is 1. The summed E-state index contributed by atoms with van der Waals surface area (Å²) in [6.45, 7) is 4.43. The van der Waals surface area contributed by atoms with Gasteiger partial charge in [-0.3, -0.25) is 0 Å². The number of hydrogen-bond acceptors (Lipinski definition) is 5. The molecule has 0 fully saturated rings. The molecule has 104 valence electrons. The van der Waals surface area contributed by atoms with E-state index in [1.165, 1.54) is 0 Å². The van der Waals surface area contributed by atoms with Gasteiger partial charge in [0.1, 0.15) is 0 Å². The molecule has 0 radical (unpaired) electrons. The number of unbranched alkanes of at least 4 members (excludes halogenated alkanes) is 1. The summed E-state index contributed by atoms with van der Waals surface area (Å²) in [5.74, 6) is -0.0397. The first-order valence-electron chi connectivity index (χ1n) is 5.95. The summed E-state index contributed by atoms with van der Waals surface area (Å²) in [7, 11) is -3.25. The molecule has 0 aromatic heterocycles. The van der Waals surface area contributed by atoms with Crippen molar-refractivity contribution in [1.82, 2.24) is 4.72 Å². The molecule has 0 rings (SSSR count). The molecule has 0 atom stereocenters. The predicted molar refractivity (Wildman–Crippen MR) is 67.4 cm³/mol. The first kappa shape index (κ1) is 16.8. The fourth-order valence-corrected chi connectivity index (χ4v) is 1.92. The van der Waals surface area contributed by atoms with Gasteiger partial charge in [-0.25, -0.2) is 13.1 Å². The Balaban J connectivity index is 3.44. The van der Waals surface area contributed by atoms with Crippen molar-refractivity contribution in [3.63, 3.8) is 0 Å². The lowest BCUT2D eigenvalue weighted by atomic mass is 10.4. The minimum Gasteiger partial charge on any atom is -0.380 e. The van der Waals surface area contributed by atoms with E-state index in [2.05, 4.69) is 11.6 Å². The van der Waals surface area contributed by atoms with E-state index in [0.29, 0.717) is 32.9 Å². The normalized spacial score (nSPS) is 11.9. The SMILES string of the molecule is CCCCOCCNS(=O)(=O)CCOCCN. The number of ether oxygens (including phenoxy) is 2. The van der Waals surface area contributed by atoms with Crippen molar-refractivity contribution in [2.75, 3.05) is 45.3 Å². The van der Waals surface area contributed by atoms with Crippen molar-refractivity contribution in [1.29, 1.82) is 0 Å². The molecule has 0 aliphatic carbocycles. The van der Waals surface area contributed by atoms with Gasteiger partial charge < -0.3 is 15.2 Å². The van der Waals surface area contributed by atoms with Gasteiger partial charge in [0.25, 0.3) is 0 Å². The summed E-state index contributed by atoms with van der Waals surface area (Å²) in [6.07, 6.45) is 2.07. The Morgan fingerprint density at radius 3 is 2.47 bits per heavy atom. The highest BCUT2D eigenvalue weighted by molar-refractivity contribution is 7.89. The minimum atomic E-state index is -3.25. The van der Waals surface area contributed by atoms with Gasteiger partial charge in [0, 0.05) is 19.7 Å². The first-order valence-corrected chi connectivity index (χ1v) is 7.60. The minimum absolute atomic E-state index is 0.0397. The molecular formula is C10H24N2O4S. The van der Waals surface area contributed by atoms with Gasteiger partial charge in [0.2, 0.25) is 10.0 Å². The number of sulfonamides is 1. The monoisotopic (exact) mass is 268 g/mol. The third kappa shape index (κ3) is 12.0. The maximum atomic E-state index is 11.4. The van der Waals surface area contributed by atoms with Crippen molar-refractivity contribution in [3.05, 3.63) is 0 Å². The van der Waals surface area contributed by atoms with Gasteiger partial charge >= 0.3 is 0 Å². The molecule has 0 aromatic carbocycles. The molecule has 0 spiro atoms. The van der Waals surface area contributed by atoms with Gasteiger partial charge in [-0.1, -0.05) is 13.3 Å². The molecule has 0 aromatic rings. The van der Waals surface area contributed by atoms with Crippen molar-refractivity contribution in [3.8, 4) is 0 Å². The summed E-state index contributed by atoms with van der Waals surface area (Å²) in [6, 6.07) is 0. The molecule has 0 aliphatic rings. The topological polar surface area (TPSA) is 90.6 Å². The molecule has 0 unspecified atom stereocenters. The third-order valence-corrected chi connectivity index (χ3v) is 3.32. The molecule has 0 heterocycles. The van der Waals surface area contributed by atoms with Crippen LogP contribution in [0.25, 0.3) is 0 Å². The van der Waals surface area contributed by atoms with Crippen molar-refractivity contribution >= 4 is 10.0 Å². The fraction of sp³-hybridized carbons (Fsp3) is 1.00. The molecule has 3 N–H and O–H groups in total. The molecule has 0 bridgehead atoms. The van der Waals surface area contributed by atoms with Gasteiger partial charge in [0.05, 0.1) is 25.6 Å². The fourth-order valence-electron chi connectivity index (χ4n) is 1.04. The Bertz CT molecular complexity index is 257. The second-order valence-electron chi connectivity index (χ2n) is 3.58. The maximum absolute atomic E-state index is 11.4. The molecule has 6 nitrogen and oxygen atoms in total. The maximum Gasteiger partial charge on any atom is 0.213 e. The van der Waals surface area contributed by atoms with Crippen LogP contribution in [0.1, 0.15) is 19.8 Å². The Hall–Kier alpha value is -0.210. The summed E-state index contributed by atoms with van der Waals surface area (Å²) in [5, 5.41) is 0. The highest BCUT2D eigenvalue weighted by Crippen LogP contribution is 1.88. The largest absolute Gasteiger partial charge is 0.380 e. The molecule has 7 heteroatoms. The Morgan fingerprint density at radius 2 is 1.82 bits per heavy atom. The summed E-state index contributed by atoms with van der Waals surface area (Å²) in [5.41, 5.74) is 5.21. The van der Waals surface area contributed by atoms with E-state index in [9.17, 15) is 8.42 Å². The molecule has 0 saturated heterocycles. The van der Waals surface area contributed by atoms with Crippen LogP contribution in [0.4, 0.5) is 0 Å². The van der Waals surface area contributed by atoms with Crippen LogP contribution in [0.15, 0.2) is 0 Å². The molecular weight excluding hydrogens is 244 g/mol. The van der Waals surface area contributed by atoms with Crippen LogP contribution in [0.5, 0.6) is 0 Å². The lowest BCUT2D eigenvalue weighted by Gasteiger charge is -2.07. The van der Waals surface area contributed by atoms with Crippen LogP contribution in [-0.4, -0.2) is 53.7 Å². The van der Waals surface area contributed by atoms with Crippen LogP contribution in [0.2, 0.25) is 0 Å². The van der Waals surface area contributed by atoms with Crippen molar-refractivity contribution in [2.45, 2.75) is 19.8 Å². The zero-order valence-electron chi connectivity index (χ0n) is 10.5. The van der Waals surface area contributed by atoms with Gasteiger partial charge in [0.15, 0.2) is 0 Å². The smallest absolute Gasteiger partial charge is 0.213 e. The van der Waals surface area contributed by atoms with E-state index in [4.69, 9.17) is 15.2 Å². The van der Waals surface area contributed by atoms with Crippen LogP contribution < -0.4 is 10.5 Å². The van der Waals surface area contributed by atoms with Crippen LogP contribution >= 0.6 is 0 Å². The van der Waals surface area contributed by atoms with Crippen LogP contribution in [0, 0.1) is 0 Å². The van der Waals surface area contributed by atoms with E-state index in [1.54, 1.807) is 0 Å². The number of hydrogen-bond donors (Lipinski definition) is 2. The van der Waals surface area contributed by atoms with Crippen LogP contribution in [0.3, 0.4) is 0 Å². The van der Waals surface area contributed by atoms with E-state index < -0.39 is 10.0 Å².